The van der Waals surface area contributed by atoms with Crippen LogP contribution >= 0.6 is 0 Å². The Morgan fingerprint density at radius 1 is 1.27 bits per heavy atom. The number of nitrogens with zero attached hydrogens (tertiary/aromatic N) is 4. The lowest BCUT2D eigenvalue weighted by atomic mass is 10.0. The third kappa shape index (κ3) is 4.92. The van der Waals surface area contributed by atoms with Crippen LogP contribution in [0, 0.1) is 23.1 Å². The molecule has 8 heteroatoms. The molecule has 2 N–H and O–H groups in total. The number of para-hydroxylation sites is 1. The zero-order valence-electron chi connectivity index (χ0n) is 16.5. The monoisotopic (exact) mass is 406 g/mol. The van der Waals surface area contributed by atoms with Crippen LogP contribution < -0.4 is 10.6 Å². The van der Waals surface area contributed by atoms with E-state index in [4.69, 9.17) is 0 Å². The van der Waals surface area contributed by atoms with Crippen LogP contribution in [0.3, 0.4) is 0 Å². The van der Waals surface area contributed by atoms with Gasteiger partial charge in [-0.3, -0.25) is 4.79 Å². The first-order valence-corrected chi connectivity index (χ1v) is 10.1. The maximum Gasteiger partial charge on any atom is 0.264 e. The fourth-order valence-corrected chi connectivity index (χ4v) is 3.48. The molecule has 7 nitrogen and oxygen atoms in total. The Hall–Kier alpha value is -3.47. The normalized spacial score (nSPS) is 19.1. The van der Waals surface area contributed by atoms with E-state index < -0.39 is 5.82 Å². The summed E-state index contributed by atoms with van der Waals surface area (Å²) >= 11 is 0. The number of anilines is 3. The van der Waals surface area contributed by atoms with Gasteiger partial charge >= 0.3 is 0 Å². The van der Waals surface area contributed by atoms with E-state index in [0.29, 0.717) is 19.0 Å². The summed E-state index contributed by atoms with van der Waals surface area (Å²) in [6, 6.07) is 11.3. The summed E-state index contributed by atoms with van der Waals surface area (Å²) in [7, 11) is 0. The number of amides is 1. The van der Waals surface area contributed by atoms with Crippen LogP contribution in [0.25, 0.3) is 0 Å². The molecule has 30 heavy (non-hydrogen) atoms. The SMILES string of the molecule is N#C/C(=C/C1CC1)C(=O)N1CCCC(Nc2nc(Nc3ccccc3)ncc2F)C1. The average Bonchev–Trinajstić information content (AvgIpc) is 3.59. The summed E-state index contributed by atoms with van der Waals surface area (Å²) in [5, 5.41) is 15.5. The number of carbonyl (C=O) groups is 1. The quantitative estimate of drug-likeness (QED) is 0.562. The molecular weight excluding hydrogens is 383 g/mol. The summed E-state index contributed by atoms with van der Waals surface area (Å²) in [6.45, 7) is 0.987. The third-order valence-corrected chi connectivity index (χ3v) is 5.20. The number of carbonyl (C=O) groups excluding carboxylic acids is 1. The van der Waals surface area contributed by atoms with Crippen molar-refractivity contribution in [3.63, 3.8) is 0 Å². The molecule has 0 spiro atoms. The van der Waals surface area contributed by atoms with E-state index in [1.807, 2.05) is 36.4 Å². The summed E-state index contributed by atoms with van der Waals surface area (Å²) in [4.78, 5) is 22.6. The fourth-order valence-electron chi connectivity index (χ4n) is 3.48. The Kier molecular flexibility index (Phi) is 5.89. The second-order valence-electron chi connectivity index (χ2n) is 7.65. The van der Waals surface area contributed by atoms with E-state index in [2.05, 4.69) is 20.6 Å². The van der Waals surface area contributed by atoms with Crippen LogP contribution in [0.1, 0.15) is 25.7 Å². The van der Waals surface area contributed by atoms with Gasteiger partial charge in [0.2, 0.25) is 5.95 Å². The molecule has 1 saturated carbocycles. The van der Waals surface area contributed by atoms with Crippen LogP contribution in [0.15, 0.2) is 48.2 Å². The van der Waals surface area contributed by atoms with Gasteiger partial charge in [-0.15, -0.1) is 0 Å². The van der Waals surface area contributed by atoms with Gasteiger partial charge in [-0.2, -0.15) is 10.2 Å². The number of nitrogens with one attached hydrogen (secondary N) is 2. The molecule has 2 aromatic rings. The highest BCUT2D eigenvalue weighted by Crippen LogP contribution is 2.31. The van der Waals surface area contributed by atoms with Crippen LogP contribution in [-0.4, -0.2) is 39.9 Å². The Bertz CT molecular complexity index is 983. The smallest absolute Gasteiger partial charge is 0.264 e. The molecule has 1 aliphatic carbocycles. The number of piperidine rings is 1. The molecule has 1 aliphatic heterocycles. The number of hydrogen-bond donors (Lipinski definition) is 2. The first-order valence-electron chi connectivity index (χ1n) is 10.1. The molecule has 1 aromatic carbocycles. The predicted molar refractivity (Wildman–Crippen MR) is 111 cm³/mol. The summed E-state index contributed by atoms with van der Waals surface area (Å²) in [5.41, 5.74) is 1.01. The van der Waals surface area contributed by atoms with Crippen molar-refractivity contribution in [1.29, 1.82) is 5.26 Å². The first kappa shape index (κ1) is 19.8. The Balaban J connectivity index is 1.43. The minimum absolute atomic E-state index is 0.0942. The van der Waals surface area contributed by atoms with E-state index in [1.54, 1.807) is 11.0 Å². The van der Waals surface area contributed by atoms with Crippen LogP contribution in [-0.2, 0) is 4.79 Å². The van der Waals surface area contributed by atoms with Crippen molar-refractivity contribution in [3.05, 3.63) is 54.0 Å². The van der Waals surface area contributed by atoms with Crippen molar-refractivity contribution < 1.29 is 9.18 Å². The van der Waals surface area contributed by atoms with Gasteiger partial charge in [0, 0.05) is 24.8 Å². The average molecular weight is 406 g/mol. The van der Waals surface area contributed by atoms with Crippen molar-refractivity contribution >= 4 is 23.4 Å². The highest BCUT2D eigenvalue weighted by atomic mass is 19.1. The van der Waals surface area contributed by atoms with Gasteiger partial charge in [-0.05, 0) is 43.7 Å². The molecule has 2 aliphatic rings. The van der Waals surface area contributed by atoms with Gasteiger partial charge < -0.3 is 15.5 Å². The van der Waals surface area contributed by atoms with Crippen molar-refractivity contribution in [1.82, 2.24) is 14.9 Å². The van der Waals surface area contributed by atoms with Crippen LogP contribution in [0.2, 0.25) is 0 Å². The van der Waals surface area contributed by atoms with E-state index >= 15 is 0 Å². The number of allylic oxidation sites excluding steroid dienone is 1. The Labute approximate surface area is 174 Å². The van der Waals surface area contributed by atoms with Crippen molar-refractivity contribution in [2.24, 2.45) is 5.92 Å². The minimum atomic E-state index is -0.552. The summed E-state index contributed by atoms with van der Waals surface area (Å²) in [5.74, 6) is -0.0633. The van der Waals surface area contributed by atoms with E-state index in [-0.39, 0.29) is 29.3 Å². The van der Waals surface area contributed by atoms with Crippen LogP contribution in [0.4, 0.5) is 21.8 Å². The van der Waals surface area contributed by atoms with Crippen molar-refractivity contribution in [2.75, 3.05) is 23.7 Å². The maximum atomic E-state index is 14.3. The highest BCUT2D eigenvalue weighted by molar-refractivity contribution is 5.97. The molecule has 1 unspecified atom stereocenters. The third-order valence-electron chi connectivity index (χ3n) is 5.20. The molecule has 0 radical (unpaired) electrons. The predicted octanol–water partition coefficient (Wildman–Crippen LogP) is 3.62. The second kappa shape index (κ2) is 8.91. The lowest BCUT2D eigenvalue weighted by Gasteiger charge is -2.33. The highest BCUT2D eigenvalue weighted by Gasteiger charge is 2.28. The standard InChI is InChI=1S/C22H23FN6O/c23-19-13-25-22(27-17-5-2-1-3-6-17)28-20(19)26-18-7-4-10-29(14-18)21(30)16(12-24)11-15-8-9-15/h1-3,5-6,11,13,15,18H,4,7-10,14H2,(H2,25,26,27,28)/b16-11-. The molecule has 1 atom stereocenters. The van der Waals surface area contributed by atoms with Gasteiger partial charge in [0.1, 0.15) is 11.6 Å². The maximum absolute atomic E-state index is 14.3. The Morgan fingerprint density at radius 2 is 2.07 bits per heavy atom. The molecule has 1 saturated heterocycles. The fraction of sp³-hybridized carbons (Fsp3) is 0.364. The minimum Gasteiger partial charge on any atom is -0.363 e. The molecule has 4 rings (SSSR count). The number of benzene rings is 1. The molecule has 2 fully saturated rings. The topological polar surface area (TPSA) is 93.9 Å². The van der Waals surface area contributed by atoms with Crippen molar-refractivity contribution in [2.45, 2.75) is 31.7 Å². The van der Waals surface area contributed by atoms with E-state index in [0.717, 1.165) is 37.6 Å². The van der Waals surface area contributed by atoms with Gasteiger partial charge in [0.15, 0.2) is 11.6 Å². The Morgan fingerprint density at radius 3 is 2.80 bits per heavy atom. The zero-order chi connectivity index (χ0) is 20.9. The summed E-state index contributed by atoms with van der Waals surface area (Å²) < 4.78 is 14.3. The van der Waals surface area contributed by atoms with Gasteiger partial charge in [0.05, 0.1) is 6.20 Å². The second-order valence-corrected chi connectivity index (χ2v) is 7.65. The zero-order valence-corrected chi connectivity index (χ0v) is 16.5. The number of halogens is 1. The first-order chi connectivity index (χ1) is 14.6. The number of hydrogen-bond acceptors (Lipinski definition) is 6. The molecule has 1 aromatic heterocycles. The molecule has 2 heterocycles. The van der Waals surface area contributed by atoms with Crippen LogP contribution in [0.5, 0.6) is 0 Å². The molecular formula is C22H23FN6O. The van der Waals surface area contributed by atoms with Gasteiger partial charge in [-0.1, -0.05) is 24.3 Å². The number of likely N-dealkylation sites (tertiary alicyclic amines) is 1. The van der Waals surface area contributed by atoms with Gasteiger partial charge in [0.25, 0.3) is 5.91 Å². The molecule has 0 bridgehead atoms. The lowest BCUT2D eigenvalue weighted by Crippen LogP contribution is -2.45. The summed E-state index contributed by atoms with van der Waals surface area (Å²) in [6.07, 6.45) is 6.53. The van der Waals surface area contributed by atoms with Gasteiger partial charge in [-0.25, -0.2) is 9.37 Å². The molecule has 154 valence electrons. The number of rotatable bonds is 6. The van der Waals surface area contributed by atoms with Crippen molar-refractivity contribution in [3.8, 4) is 6.07 Å². The molecule has 1 amide bonds. The number of aromatic nitrogens is 2. The van der Waals surface area contributed by atoms with E-state index in [9.17, 15) is 14.4 Å². The number of nitriles is 1. The lowest BCUT2D eigenvalue weighted by molar-refractivity contribution is -0.127. The largest absolute Gasteiger partial charge is 0.363 e. The van der Waals surface area contributed by atoms with E-state index in [1.165, 1.54) is 0 Å².